The summed E-state index contributed by atoms with van der Waals surface area (Å²) in [6, 6.07) is 2.09. The zero-order valence-electron chi connectivity index (χ0n) is 13.0. The van der Waals surface area contributed by atoms with E-state index in [0.717, 1.165) is 57.1 Å². The van der Waals surface area contributed by atoms with Gasteiger partial charge in [0.1, 0.15) is 0 Å². The number of rotatable bonds is 1. The van der Waals surface area contributed by atoms with Crippen molar-refractivity contribution < 1.29 is 9.53 Å². The Morgan fingerprint density at radius 3 is 3.13 bits per heavy atom. The lowest BCUT2D eigenvalue weighted by Gasteiger charge is -2.41. The molecule has 6 nitrogen and oxygen atoms in total. The van der Waals surface area contributed by atoms with Crippen molar-refractivity contribution >= 4 is 23.3 Å². The molecule has 4 rings (SSSR count). The third-order valence-electron chi connectivity index (χ3n) is 4.98. The third-order valence-corrected chi connectivity index (χ3v) is 5.19. The van der Waals surface area contributed by atoms with Crippen molar-refractivity contribution in [1.29, 1.82) is 0 Å². The molecule has 1 amide bonds. The molecule has 2 unspecified atom stereocenters. The van der Waals surface area contributed by atoms with E-state index in [9.17, 15) is 4.79 Å². The summed E-state index contributed by atoms with van der Waals surface area (Å²) < 4.78 is 5.81. The van der Waals surface area contributed by atoms with E-state index in [2.05, 4.69) is 15.2 Å². The Kier molecular flexibility index (Phi) is 4.03. The molecular weight excluding hydrogens is 316 g/mol. The SMILES string of the molecule is O=C(C1CCNC1)N1CCN2c3ncc(Cl)cc3OCCC2C1. The summed E-state index contributed by atoms with van der Waals surface area (Å²) in [6.45, 7) is 4.68. The normalized spacial score (nSPS) is 27.0. The van der Waals surface area contributed by atoms with Crippen molar-refractivity contribution in [2.24, 2.45) is 5.92 Å². The summed E-state index contributed by atoms with van der Waals surface area (Å²) in [5.74, 6) is 2.04. The minimum atomic E-state index is 0.146. The molecule has 0 bridgehead atoms. The highest BCUT2D eigenvalue weighted by atomic mass is 35.5. The number of fused-ring (bicyclic) bond motifs is 3. The number of pyridine rings is 1. The van der Waals surface area contributed by atoms with E-state index in [1.807, 2.05) is 11.0 Å². The van der Waals surface area contributed by atoms with Crippen LogP contribution >= 0.6 is 11.6 Å². The second-order valence-corrected chi connectivity index (χ2v) is 6.87. The lowest BCUT2D eigenvalue weighted by Crippen LogP contribution is -2.56. The van der Waals surface area contributed by atoms with Crippen LogP contribution in [-0.4, -0.2) is 61.2 Å². The maximum absolute atomic E-state index is 12.7. The maximum atomic E-state index is 12.7. The van der Waals surface area contributed by atoms with Gasteiger partial charge in [-0.2, -0.15) is 0 Å². The fourth-order valence-corrected chi connectivity index (χ4v) is 3.89. The van der Waals surface area contributed by atoms with Crippen LogP contribution in [0.3, 0.4) is 0 Å². The number of hydrogen-bond donors (Lipinski definition) is 1. The second kappa shape index (κ2) is 6.17. The molecule has 1 aromatic heterocycles. The lowest BCUT2D eigenvalue weighted by atomic mass is 10.0. The highest BCUT2D eigenvalue weighted by Gasteiger charge is 2.36. The highest BCUT2D eigenvalue weighted by molar-refractivity contribution is 6.30. The first-order valence-electron chi connectivity index (χ1n) is 8.27. The van der Waals surface area contributed by atoms with Gasteiger partial charge in [0.15, 0.2) is 11.6 Å². The number of nitrogens with zero attached hydrogens (tertiary/aromatic N) is 3. The van der Waals surface area contributed by atoms with Crippen molar-refractivity contribution in [3.8, 4) is 5.75 Å². The summed E-state index contributed by atoms with van der Waals surface area (Å²) in [6.07, 6.45) is 3.50. The molecule has 4 heterocycles. The monoisotopic (exact) mass is 336 g/mol. The quantitative estimate of drug-likeness (QED) is 0.833. The number of halogens is 1. The van der Waals surface area contributed by atoms with E-state index < -0.39 is 0 Å². The predicted molar refractivity (Wildman–Crippen MR) is 88.0 cm³/mol. The minimum Gasteiger partial charge on any atom is -0.490 e. The van der Waals surface area contributed by atoms with Gasteiger partial charge < -0.3 is 19.9 Å². The van der Waals surface area contributed by atoms with Crippen LogP contribution in [0.5, 0.6) is 5.75 Å². The van der Waals surface area contributed by atoms with Crippen LogP contribution in [0.25, 0.3) is 0 Å². The van der Waals surface area contributed by atoms with Crippen LogP contribution in [-0.2, 0) is 4.79 Å². The van der Waals surface area contributed by atoms with E-state index in [0.29, 0.717) is 17.5 Å². The molecule has 2 fully saturated rings. The van der Waals surface area contributed by atoms with Crippen LogP contribution in [0.15, 0.2) is 12.3 Å². The van der Waals surface area contributed by atoms with E-state index in [4.69, 9.17) is 16.3 Å². The number of amides is 1. The molecular formula is C16H21ClN4O2. The number of aromatic nitrogens is 1. The largest absolute Gasteiger partial charge is 0.490 e. The number of ether oxygens (including phenoxy) is 1. The smallest absolute Gasteiger partial charge is 0.227 e. The van der Waals surface area contributed by atoms with Gasteiger partial charge in [-0.3, -0.25) is 4.79 Å². The van der Waals surface area contributed by atoms with Gasteiger partial charge in [-0.1, -0.05) is 11.6 Å². The van der Waals surface area contributed by atoms with E-state index in [-0.39, 0.29) is 12.0 Å². The molecule has 3 aliphatic rings. The van der Waals surface area contributed by atoms with Crippen molar-refractivity contribution in [3.63, 3.8) is 0 Å². The van der Waals surface area contributed by atoms with E-state index in [1.54, 1.807) is 6.20 Å². The summed E-state index contributed by atoms with van der Waals surface area (Å²) in [7, 11) is 0. The van der Waals surface area contributed by atoms with Crippen LogP contribution < -0.4 is 15.0 Å². The zero-order chi connectivity index (χ0) is 15.8. The lowest BCUT2D eigenvalue weighted by molar-refractivity contribution is -0.135. The van der Waals surface area contributed by atoms with E-state index >= 15 is 0 Å². The standard InChI is InChI=1S/C16H21ClN4O2/c17-12-7-14-15(19-9-12)21-5-4-20(10-13(21)2-6-23-14)16(22)11-1-3-18-8-11/h7,9,11,13,18H,1-6,8,10H2. The van der Waals surface area contributed by atoms with Gasteiger partial charge in [-0.25, -0.2) is 4.98 Å². The number of carbonyl (C=O) groups excluding carboxylic acids is 1. The average Bonchev–Trinajstić information content (AvgIpc) is 3.03. The Balaban J connectivity index is 1.52. The van der Waals surface area contributed by atoms with Gasteiger partial charge in [0.05, 0.1) is 23.6 Å². The molecule has 2 atom stereocenters. The molecule has 23 heavy (non-hydrogen) atoms. The van der Waals surface area contributed by atoms with Crippen molar-refractivity contribution in [2.45, 2.75) is 18.9 Å². The van der Waals surface area contributed by atoms with Crippen molar-refractivity contribution in [2.75, 3.05) is 44.2 Å². The summed E-state index contributed by atoms with van der Waals surface area (Å²) >= 11 is 6.02. The second-order valence-electron chi connectivity index (χ2n) is 6.43. The maximum Gasteiger partial charge on any atom is 0.227 e. The molecule has 0 aromatic carbocycles. The Morgan fingerprint density at radius 1 is 1.39 bits per heavy atom. The molecule has 1 aromatic rings. The first-order valence-corrected chi connectivity index (χ1v) is 8.64. The van der Waals surface area contributed by atoms with Gasteiger partial charge >= 0.3 is 0 Å². The molecule has 124 valence electrons. The third kappa shape index (κ3) is 2.85. The highest BCUT2D eigenvalue weighted by Crippen LogP contribution is 2.34. The number of hydrogen-bond acceptors (Lipinski definition) is 5. The zero-order valence-corrected chi connectivity index (χ0v) is 13.8. The van der Waals surface area contributed by atoms with Crippen LogP contribution in [0.4, 0.5) is 5.82 Å². The fourth-order valence-electron chi connectivity index (χ4n) is 3.75. The molecule has 7 heteroatoms. The van der Waals surface area contributed by atoms with Crippen molar-refractivity contribution in [3.05, 3.63) is 17.3 Å². The molecule has 1 N–H and O–H groups in total. The van der Waals surface area contributed by atoms with Crippen molar-refractivity contribution in [1.82, 2.24) is 15.2 Å². The van der Waals surface area contributed by atoms with Gasteiger partial charge in [-0.05, 0) is 13.0 Å². The van der Waals surface area contributed by atoms with Gasteiger partial charge in [-0.15, -0.1) is 0 Å². The molecule has 0 aliphatic carbocycles. The number of carbonyl (C=O) groups is 1. The first-order chi connectivity index (χ1) is 11.2. The number of nitrogens with one attached hydrogen (secondary N) is 1. The predicted octanol–water partition coefficient (Wildman–Crippen LogP) is 1.14. The van der Waals surface area contributed by atoms with Gasteiger partial charge in [0.2, 0.25) is 5.91 Å². The Bertz CT molecular complexity index is 606. The summed E-state index contributed by atoms with van der Waals surface area (Å²) in [5.41, 5.74) is 0. The topological polar surface area (TPSA) is 57.7 Å². The first kappa shape index (κ1) is 15.0. The van der Waals surface area contributed by atoms with Crippen LogP contribution in [0, 0.1) is 5.92 Å². The summed E-state index contributed by atoms with van der Waals surface area (Å²) in [5, 5.41) is 3.86. The number of piperazine rings is 1. The fraction of sp³-hybridized carbons (Fsp3) is 0.625. The minimum absolute atomic E-state index is 0.146. The Hall–Kier alpha value is -1.53. The van der Waals surface area contributed by atoms with Gasteiger partial charge in [0, 0.05) is 44.9 Å². The molecule has 0 radical (unpaired) electrons. The van der Waals surface area contributed by atoms with Gasteiger partial charge in [0.25, 0.3) is 0 Å². The average molecular weight is 337 g/mol. The Labute approximate surface area is 140 Å². The van der Waals surface area contributed by atoms with Crippen LogP contribution in [0.1, 0.15) is 12.8 Å². The number of anilines is 1. The molecule has 3 aliphatic heterocycles. The summed E-state index contributed by atoms with van der Waals surface area (Å²) in [4.78, 5) is 21.4. The molecule has 0 spiro atoms. The van der Waals surface area contributed by atoms with E-state index in [1.165, 1.54) is 0 Å². The molecule has 0 saturated carbocycles. The van der Waals surface area contributed by atoms with Crippen LogP contribution in [0.2, 0.25) is 5.02 Å². The molecule has 2 saturated heterocycles. The Morgan fingerprint density at radius 2 is 2.30 bits per heavy atom.